The number of benzene rings is 1. The number of nitrogens with one attached hydrogen (secondary N) is 1. The van der Waals surface area contributed by atoms with E-state index < -0.39 is 77.0 Å². The van der Waals surface area contributed by atoms with Crippen molar-refractivity contribution in [2.75, 3.05) is 9.80 Å². The van der Waals surface area contributed by atoms with Crippen molar-refractivity contribution < 1.29 is 31.9 Å². The molecule has 2 fully saturated rings. The van der Waals surface area contributed by atoms with Gasteiger partial charge in [0.25, 0.3) is 11.8 Å². The Morgan fingerprint density at radius 1 is 1.21 bits per heavy atom. The van der Waals surface area contributed by atoms with E-state index in [1.54, 1.807) is 31.2 Å². The van der Waals surface area contributed by atoms with Gasteiger partial charge in [0.2, 0.25) is 17.8 Å². The van der Waals surface area contributed by atoms with Gasteiger partial charge in [-0.3, -0.25) is 24.2 Å². The number of allylic oxidation sites excluding steroid dienone is 3. The van der Waals surface area contributed by atoms with Crippen LogP contribution in [0.2, 0.25) is 0 Å². The predicted molar refractivity (Wildman–Crippen MR) is 147 cm³/mol. The second-order valence-corrected chi connectivity index (χ2v) is 11.4. The van der Waals surface area contributed by atoms with Crippen molar-refractivity contribution in [3.63, 3.8) is 0 Å². The highest BCUT2D eigenvalue weighted by molar-refractivity contribution is 6.23. The lowest BCUT2D eigenvalue weighted by molar-refractivity contribution is -0.134. The highest BCUT2D eigenvalue weighted by atomic mass is 35.5. The number of halogens is 5. The Morgan fingerprint density at radius 3 is 2.53 bits per heavy atom. The fourth-order valence-corrected chi connectivity index (χ4v) is 5.90. The van der Waals surface area contributed by atoms with Gasteiger partial charge in [-0.1, -0.05) is 31.2 Å². The van der Waals surface area contributed by atoms with Crippen molar-refractivity contribution in [2.24, 2.45) is 5.41 Å². The van der Waals surface area contributed by atoms with Gasteiger partial charge in [0.15, 0.2) is 0 Å². The summed E-state index contributed by atoms with van der Waals surface area (Å²) < 4.78 is 56.6. The first kappa shape index (κ1) is 30.2. The maximum atomic E-state index is 14.6. The molecule has 1 aromatic heterocycles. The molecule has 9 nitrogen and oxygen atoms in total. The molecule has 3 aliphatic rings. The fourth-order valence-electron chi connectivity index (χ4n) is 5.62. The van der Waals surface area contributed by atoms with Crippen LogP contribution in [0.25, 0.3) is 0 Å². The van der Waals surface area contributed by atoms with Crippen molar-refractivity contribution in [3.8, 4) is 6.07 Å². The minimum absolute atomic E-state index is 0.0773. The van der Waals surface area contributed by atoms with Crippen LogP contribution >= 0.6 is 11.6 Å². The molecule has 1 saturated carbocycles. The van der Waals surface area contributed by atoms with E-state index in [-0.39, 0.29) is 30.2 Å². The van der Waals surface area contributed by atoms with Crippen molar-refractivity contribution in [2.45, 2.75) is 62.0 Å². The quantitative estimate of drug-likeness (QED) is 0.368. The van der Waals surface area contributed by atoms with E-state index in [0.717, 1.165) is 21.9 Å². The number of nitrogens with zero attached hydrogens (tertiary/aromatic N) is 5. The third-order valence-electron chi connectivity index (χ3n) is 7.81. The molecule has 0 radical (unpaired) electrons. The van der Waals surface area contributed by atoms with Crippen LogP contribution in [0, 0.1) is 28.4 Å². The Labute approximate surface area is 248 Å². The second-order valence-electron chi connectivity index (χ2n) is 10.9. The number of anilines is 2. The Hall–Kier alpha value is -4.31. The molecule has 5 rings (SSSR count). The first-order valence-corrected chi connectivity index (χ1v) is 13.8. The normalized spacial score (nSPS) is 25.1. The zero-order valence-electron chi connectivity index (χ0n) is 22.7. The summed E-state index contributed by atoms with van der Waals surface area (Å²) in [4.78, 5) is 51.5. The van der Waals surface area contributed by atoms with Gasteiger partial charge in [-0.05, 0) is 24.6 Å². The first-order valence-electron chi connectivity index (χ1n) is 13.4. The van der Waals surface area contributed by atoms with Crippen LogP contribution in [0.4, 0.5) is 29.2 Å². The maximum absolute atomic E-state index is 14.6. The van der Waals surface area contributed by atoms with Crippen LogP contribution in [0.15, 0.2) is 54.8 Å². The number of amides is 3. The molecule has 2 unspecified atom stereocenters. The van der Waals surface area contributed by atoms with Gasteiger partial charge in [0.05, 0.1) is 11.1 Å². The van der Waals surface area contributed by atoms with Crippen LogP contribution in [-0.2, 0) is 14.4 Å². The molecule has 0 bridgehead atoms. The summed E-state index contributed by atoms with van der Waals surface area (Å²) >= 11 is 6.69. The summed E-state index contributed by atoms with van der Waals surface area (Å²) in [5.74, 6) is -7.69. The Morgan fingerprint density at radius 2 is 1.91 bits per heavy atom. The molecule has 224 valence electrons. The summed E-state index contributed by atoms with van der Waals surface area (Å²) in [6.07, 6.45) is 6.09. The Balaban J connectivity index is 1.64. The van der Waals surface area contributed by atoms with Crippen molar-refractivity contribution in [1.29, 1.82) is 5.26 Å². The number of carbonyl (C=O) groups excluding carboxylic acids is 3. The average Bonchev–Trinajstić information content (AvgIpc) is 3.32. The lowest BCUT2D eigenvalue weighted by Gasteiger charge is -2.46. The van der Waals surface area contributed by atoms with Gasteiger partial charge in [0, 0.05) is 43.0 Å². The van der Waals surface area contributed by atoms with Gasteiger partial charge >= 0.3 is 0 Å². The molecular weight excluding hydrogens is 592 g/mol. The summed E-state index contributed by atoms with van der Waals surface area (Å²) in [6.45, 7) is 1.55. The van der Waals surface area contributed by atoms with Crippen LogP contribution in [0.3, 0.4) is 0 Å². The SMILES string of the molecule is CC1([C@@H](C(=O)NC2CC(F)(F)C2)N(C(=O)[C@@H]2CCC(=O)N2c2nccc(C#N)n2)c2cc(F)cc(F)c2)C=CC=CC1Cl. The number of hydrogen-bond donors (Lipinski definition) is 1. The summed E-state index contributed by atoms with van der Waals surface area (Å²) in [5.41, 5.74) is -1.86. The van der Waals surface area contributed by atoms with Crippen LogP contribution in [-0.4, -0.2) is 57.1 Å². The lowest BCUT2D eigenvalue weighted by atomic mass is 9.74. The molecule has 2 heterocycles. The molecule has 3 amide bonds. The fraction of sp³-hybridized carbons (Fsp3) is 0.379. The molecule has 2 aliphatic carbocycles. The first-order chi connectivity index (χ1) is 20.3. The maximum Gasteiger partial charge on any atom is 0.252 e. The zero-order valence-corrected chi connectivity index (χ0v) is 23.4. The van der Waals surface area contributed by atoms with E-state index in [1.165, 1.54) is 12.3 Å². The molecule has 1 saturated heterocycles. The molecule has 43 heavy (non-hydrogen) atoms. The minimum Gasteiger partial charge on any atom is -0.351 e. The lowest BCUT2D eigenvalue weighted by Crippen LogP contribution is -2.64. The van der Waals surface area contributed by atoms with E-state index in [1.807, 2.05) is 6.07 Å². The standard InChI is InChI=1S/C29H25ClF4N6O3/c1-28(8-3-2-4-22(28)30)24(25(42)37-19-13-29(33,34)14-19)39(20-11-16(31)10-17(32)12-20)26(43)21-5-6-23(41)40(21)27-36-9-7-18(15-35)38-27/h2-4,7-12,19,21-22,24H,5-6,13-14H2,1H3,(H,37,42)/t21-,22?,24+,28?/m0/s1. The molecule has 1 aliphatic heterocycles. The number of alkyl halides is 3. The molecular formula is C29H25ClF4N6O3. The van der Waals surface area contributed by atoms with Crippen LogP contribution < -0.4 is 15.1 Å². The molecule has 1 aromatic carbocycles. The molecule has 1 N–H and O–H groups in total. The van der Waals surface area contributed by atoms with Crippen molar-refractivity contribution in [3.05, 3.63) is 72.1 Å². The van der Waals surface area contributed by atoms with Gasteiger partial charge in [-0.2, -0.15) is 5.26 Å². The predicted octanol–water partition coefficient (Wildman–Crippen LogP) is 4.18. The third kappa shape index (κ3) is 5.84. The zero-order chi connectivity index (χ0) is 31.1. The topological polar surface area (TPSA) is 119 Å². The van der Waals surface area contributed by atoms with Gasteiger partial charge < -0.3 is 5.32 Å². The van der Waals surface area contributed by atoms with Gasteiger partial charge in [0.1, 0.15) is 35.5 Å². The Bertz CT molecular complexity index is 1550. The highest BCUT2D eigenvalue weighted by Gasteiger charge is 2.53. The number of carbonyl (C=O) groups is 3. The van der Waals surface area contributed by atoms with Gasteiger partial charge in [-0.25, -0.2) is 27.5 Å². The van der Waals surface area contributed by atoms with Crippen LogP contribution in [0.5, 0.6) is 0 Å². The second kappa shape index (κ2) is 11.4. The average molecular weight is 617 g/mol. The highest BCUT2D eigenvalue weighted by Crippen LogP contribution is 2.43. The molecule has 14 heteroatoms. The summed E-state index contributed by atoms with van der Waals surface area (Å²) in [5, 5.41) is 10.9. The summed E-state index contributed by atoms with van der Waals surface area (Å²) in [7, 11) is 0. The van der Waals surface area contributed by atoms with E-state index in [0.29, 0.717) is 6.07 Å². The third-order valence-corrected chi connectivity index (χ3v) is 8.42. The molecule has 4 atom stereocenters. The van der Waals surface area contributed by atoms with E-state index >= 15 is 0 Å². The van der Waals surface area contributed by atoms with Crippen molar-refractivity contribution >= 4 is 41.0 Å². The summed E-state index contributed by atoms with van der Waals surface area (Å²) in [6, 6.07) is 1.52. The van der Waals surface area contributed by atoms with Gasteiger partial charge in [-0.15, -0.1) is 11.6 Å². The Kier molecular flexibility index (Phi) is 8.00. The molecule has 0 spiro atoms. The number of rotatable bonds is 7. The van der Waals surface area contributed by atoms with Crippen LogP contribution in [0.1, 0.15) is 38.3 Å². The number of nitriles is 1. The van der Waals surface area contributed by atoms with E-state index in [2.05, 4.69) is 15.3 Å². The van der Waals surface area contributed by atoms with E-state index in [4.69, 9.17) is 11.6 Å². The smallest absolute Gasteiger partial charge is 0.252 e. The molecule has 2 aromatic rings. The van der Waals surface area contributed by atoms with E-state index in [9.17, 15) is 37.2 Å². The minimum atomic E-state index is -2.97. The number of hydrogen-bond acceptors (Lipinski definition) is 6. The monoisotopic (exact) mass is 616 g/mol. The largest absolute Gasteiger partial charge is 0.351 e. The van der Waals surface area contributed by atoms with Crippen molar-refractivity contribution in [1.82, 2.24) is 15.3 Å². The number of aromatic nitrogens is 2.